The smallest absolute Gasteiger partial charge is 0 e. The molecule has 0 unspecified atom stereocenters. The zero-order valence-electron chi connectivity index (χ0n) is 18.1. The van der Waals surface area contributed by atoms with Crippen molar-refractivity contribution in [2.45, 2.75) is 162 Å². The Morgan fingerprint density at radius 3 is 0.222 bits per heavy atom. The standard InChI is InChI=1S/2C12H24.CH4.2B/c2*1-2-4-6-8-10-12-11-9-7-5-3-1;;;/h2*1-12H2;1H4;;. The Labute approximate surface area is 178 Å². The Kier molecular flexibility index (Phi) is 33.4. The van der Waals surface area contributed by atoms with Crippen LogP contribution in [-0.4, -0.2) is 16.8 Å². The van der Waals surface area contributed by atoms with Crippen LogP contribution >= 0.6 is 0 Å². The first-order chi connectivity index (χ1) is 12.0. The molecule has 0 saturated heterocycles. The van der Waals surface area contributed by atoms with Crippen LogP contribution < -0.4 is 0 Å². The minimum atomic E-state index is 0. The molecule has 158 valence electrons. The summed E-state index contributed by atoms with van der Waals surface area (Å²) in [5.41, 5.74) is 0. The van der Waals surface area contributed by atoms with Gasteiger partial charge in [0.1, 0.15) is 0 Å². The summed E-state index contributed by atoms with van der Waals surface area (Å²) in [5, 5.41) is 0. The predicted molar refractivity (Wildman–Crippen MR) is 129 cm³/mol. The Balaban J connectivity index is -0.000000384. The van der Waals surface area contributed by atoms with E-state index in [-0.39, 0.29) is 24.3 Å². The van der Waals surface area contributed by atoms with Crippen molar-refractivity contribution in [1.82, 2.24) is 0 Å². The average Bonchev–Trinajstić information content (AvgIpc) is 2.56. The quantitative estimate of drug-likeness (QED) is 0.371. The molecule has 2 fully saturated rings. The third kappa shape index (κ3) is 26.1. The van der Waals surface area contributed by atoms with Crippen LogP contribution in [0.25, 0.3) is 0 Å². The minimum absolute atomic E-state index is 0. The summed E-state index contributed by atoms with van der Waals surface area (Å²) in [7, 11) is 0. The fraction of sp³-hybridized carbons (Fsp3) is 1.00. The third-order valence-corrected chi connectivity index (χ3v) is 6.00. The van der Waals surface area contributed by atoms with E-state index in [1.54, 1.807) is 0 Å². The normalized spacial score (nSPS) is 21.3. The summed E-state index contributed by atoms with van der Waals surface area (Å²) in [4.78, 5) is 0. The lowest BCUT2D eigenvalue weighted by Gasteiger charge is -2.05. The molecule has 0 amide bonds. The topological polar surface area (TPSA) is 0 Å². The Bertz CT molecular complexity index is 120. The average molecular weight is 374 g/mol. The van der Waals surface area contributed by atoms with Crippen LogP contribution in [0.4, 0.5) is 0 Å². The summed E-state index contributed by atoms with van der Waals surface area (Å²) in [6.07, 6.45) is 36.0. The van der Waals surface area contributed by atoms with Crippen molar-refractivity contribution >= 4 is 16.8 Å². The van der Waals surface area contributed by atoms with Crippen molar-refractivity contribution in [1.29, 1.82) is 0 Å². The van der Waals surface area contributed by atoms with Crippen LogP contribution in [0.3, 0.4) is 0 Å². The summed E-state index contributed by atoms with van der Waals surface area (Å²) >= 11 is 0. The second-order valence-corrected chi connectivity index (χ2v) is 8.49. The molecule has 2 aliphatic rings. The molecule has 27 heavy (non-hydrogen) atoms. The van der Waals surface area contributed by atoms with E-state index in [4.69, 9.17) is 0 Å². The molecule has 0 spiro atoms. The van der Waals surface area contributed by atoms with Crippen LogP contribution in [0, 0.1) is 0 Å². The Morgan fingerprint density at radius 1 is 0.148 bits per heavy atom. The van der Waals surface area contributed by atoms with E-state index in [0.29, 0.717) is 0 Å². The van der Waals surface area contributed by atoms with Gasteiger partial charge in [-0.3, -0.25) is 0 Å². The number of hydrogen-bond acceptors (Lipinski definition) is 0. The van der Waals surface area contributed by atoms with Gasteiger partial charge in [0.15, 0.2) is 0 Å². The zero-order valence-corrected chi connectivity index (χ0v) is 18.1. The van der Waals surface area contributed by atoms with Crippen molar-refractivity contribution in [3.8, 4) is 0 Å². The van der Waals surface area contributed by atoms with Crippen LogP contribution in [-0.2, 0) is 0 Å². The predicted octanol–water partition coefficient (Wildman–Crippen LogP) is 9.24. The molecule has 0 aromatic heterocycles. The molecule has 0 bridgehead atoms. The monoisotopic (exact) mass is 374 g/mol. The van der Waals surface area contributed by atoms with E-state index in [1.807, 2.05) is 0 Å². The summed E-state index contributed by atoms with van der Waals surface area (Å²) in [5.74, 6) is 0. The highest BCUT2D eigenvalue weighted by atomic mass is 14.0. The summed E-state index contributed by atoms with van der Waals surface area (Å²) in [6, 6.07) is 0. The Morgan fingerprint density at radius 2 is 0.185 bits per heavy atom. The maximum atomic E-state index is 1.50. The van der Waals surface area contributed by atoms with E-state index >= 15 is 0 Å². The van der Waals surface area contributed by atoms with Gasteiger partial charge >= 0.3 is 0 Å². The van der Waals surface area contributed by atoms with Crippen LogP contribution in [0.5, 0.6) is 0 Å². The highest BCUT2D eigenvalue weighted by Gasteiger charge is 1.97. The molecule has 2 rings (SSSR count). The zero-order chi connectivity index (χ0) is 17.0. The van der Waals surface area contributed by atoms with Crippen molar-refractivity contribution < 1.29 is 0 Å². The third-order valence-electron chi connectivity index (χ3n) is 6.00. The van der Waals surface area contributed by atoms with Gasteiger partial charge in [-0.05, 0) is 0 Å². The first-order valence-corrected chi connectivity index (χ1v) is 12.0. The lowest BCUT2D eigenvalue weighted by atomic mass is 10.0. The van der Waals surface area contributed by atoms with E-state index < -0.39 is 0 Å². The van der Waals surface area contributed by atoms with Crippen LogP contribution in [0.1, 0.15) is 162 Å². The molecular formula is C25H52B2. The molecular weight excluding hydrogens is 322 g/mol. The maximum absolute atomic E-state index is 1.50. The molecule has 0 aliphatic heterocycles. The molecule has 0 nitrogen and oxygen atoms in total. The van der Waals surface area contributed by atoms with Gasteiger partial charge in [0.05, 0.1) is 0 Å². The van der Waals surface area contributed by atoms with Crippen molar-refractivity contribution in [2.75, 3.05) is 0 Å². The minimum Gasteiger partial charge on any atom is -0.0776 e. The molecule has 0 atom stereocenters. The fourth-order valence-electron chi connectivity index (χ4n) is 4.24. The van der Waals surface area contributed by atoms with E-state index in [9.17, 15) is 0 Å². The largest absolute Gasteiger partial charge is 0.0776 e. The summed E-state index contributed by atoms with van der Waals surface area (Å²) < 4.78 is 0. The molecule has 0 aromatic rings. The SMILES string of the molecule is C.C1CCCCCCCCCCC1.C1CCCCCCCCCCC1.[B].[B]. The lowest BCUT2D eigenvalue weighted by molar-refractivity contribution is 0.504. The van der Waals surface area contributed by atoms with E-state index in [2.05, 4.69) is 0 Å². The molecule has 2 aliphatic carbocycles. The molecule has 0 N–H and O–H groups in total. The second-order valence-electron chi connectivity index (χ2n) is 8.49. The van der Waals surface area contributed by atoms with E-state index in [1.165, 1.54) is 154 Å². The molecule has 2 saturated carbocycles. The van der Waals surface area contributed by atoms with E-state index in [0.717, 1.165) is 0 Å². The van der Waals surface area contributed by atoms with Gasteiger partial charge in [0, 0.05) is 16.8 Å². The van der Waals surface area contributed by atoms with Gasteiger partial charge in [-0.25, -0.2) is 0 Å². The van der Waals surface area contributed by atoms with Crippen LogP contribution in [0.2, 0.25) is 0 Å². The molecule has 0 heterocycles. The Hall–Kier alpha value is 0.130. The second kappa shape index (κ2) is 28.3. The number of rotatable bonds is 0. The van der Waals surface area contributed by atoms with Crippen molar-refractivity contribution in [2.24, 2.45) is 0 Å². The van der Waals surface area contributed by atoms with Crippen LogP contribution in [0.15, 0.2) is 0 Å². The molecule has 2 heteroatoms. The maximum Gasteiger partial charge on any atom is 0 e. The van der Waals surface area contributed by atoms with Gasteiger partial charge in [0.25, 0.3) is 0 Å². The highest BCUT2D eigenvalue weighted by Crippen LogP contribution is 2.17. The van der Waals surface area contributed by atoms with Crippen molar-refractivity contribution in [3.05, 3.63) is 0 Å². The first-order valence-electron chi connectivity index (χ1n) is 12.0. The van der Waals surface area contributed by atoms with Gasteiger partial charge in [0.2, 0.25) is 0 Å². The van der Waals surface area contributed by atoms with Crippen molar-refractivity contribution in [3.63, 3.8) is 0 Å². The molecule has 0 aromatic carbocycles. The highest BCUT2D eigenvalue weighted by molar-refractivity contribution is 5.76. The summed E-state index contributed by atoms with van der Waals surface area (Å²) in [6.45, 7) is 0. The van der Waals surface area contributed by atoms with Gasteiger partial charge in [-0.2, -0.15) is 0 Å². The van der Waals surface area contributed by atoms with Gasteiger partial charge < -0.3 is 0 Å². The first kappa shape index (κ1) is 31.8. The fourth-order valence-corrected chi connectivity index (χ4v) is 4.24. The lowest BCUT2D eigenvalue weighted by Crippen LogP contribution is -1.85. The molecule has 6 radical (unpaired) electrons. The van der Waals surface area contributed by atoms with Gasteiger partial charge in [-0.1, -0.05) is 162 Å². The number of hydrogen-bond donors (Lipinski definition) is 0. The van der Waals surface area contributed by atoms with Gasteiger partial charge in [-0.15, -0.1) is 0 Å².